The quantitative estimate of drug-likeness (QED) is 0.199. The van der Waals surface area contributed by atoms with Crippen LogP contribution in [0.2, 0.25) is 0 Å². The summed E-state index contributed by atoms with van der Waals surface area (Å²) < 4.78 is 63.6. The van der Waals surface area contributed by atoms with E-state index in [0.717, 1.165) is 12.0 Å². The molecule has 1 aliphatic carbocycles. The molecule has 1 spiro atoms. The summed E-state index contributed by atoms with van der Waals surface area (Å²) >= 11 is 0. The van der Waals surface area contributed by atoms with Gasteiger partial charge in [0.25, 0.3) is 0 Å². The first kappa shape index (κ1) is 50.1. The third kappa shape index (κ3) is 10.5. The summed E-state index contributed by atoms with van der Waals surface area (Å²) in [4.78, 5) is 26.1. The van der Waals surface area contributed by atoms with E-state index in [4.69, 9.17) is 47.4 Å². The van der Waals surface area contributed by atoms with E-state index >= 15 is 0 Å². The van der Waals surface area contributed by atoms with Gasteiger partial charge in [-0.1, -0.05) is 77.5 Å². The van der Waals surface area contributed by atoms with Gasteiger partial charge in [0.15, 0.2) is 24.5 Å². The number of allylic oxidation sites excluding steroid dienone is 2. The van der Waals surface area contributed by atoms with Gasteiger partial charge < -0.3 is 62.7 Å². The van der Waals surface area contributed by atoms with Gasteiger partial charge in [0, 0.05) is 57.5 Å². The Morgan fingerprint density at radius 3 is 2.38 bits per heavy atom. The van der Waals surface area contributed by atoms with Gasteiger partial charge in [-0.25, -0.2) is 4.79 Å². The summed E-state index contributed by atoms with van der Waals surface area (Å²) in [6, 6.07) is 0. The molecule has 15 heteroatoms. The van der Waals surface area contributed by atoms with E-state index in [1.165, 1.54) is 6.92 Å². The van der Waals surface area contributed by atoms with Gasteiger partial charge in [-0.2, -0.15) is 0 Å². The second kappa shape index (κ2) is 20.0. The largest absolute Gasteiger partial charge is 0.459 e. The third-order valence-electron chi connectivity index (χ3n) is 14.8. The highest BCUT2D eigenvalue weighted by Gasteiger charge is 2.59. The standard InChI is InChI=1S/C50H74O15/c1-12-26(2)43-29(5)18-19-49(65-43)23-36-21-35(64-49)17-16-28(4)42(27(3)14-13-15-34-25-57-46-41(52)30(6)20-37(47(53)61-36)50(34,46)55)62-39-22-38(56-11)44(31(7)58-39)63-40-24-48(10,54)45(32(8)59-40)60-33(9)51/h13-16,18-20,26-27,29-32,35-36,38-46,52,54-55H,12,17,21-25H2,1-11H3/b14-13+,28-16+,34-15+/t26-,27-,29-,30-,31-,32-,35+,36-,38-,39-,40+,41+,42-,43+,44-,45-,46+,48+,49+,50+/m0/s1. The number of carbonyl (C=O) groups excluding carboxylic acids is 2. The number of aliphatic hydroxyl groups excluding tert-OH is 1. The molecule has 65 heavy (non-hydrogen) atoms. The Morgan fingerprint density at radius 2 is 1.69 bits per heavy atom. The molecule has 0 radical (unpaired) electrons. The molecule has 0 unspecified atom stereocenters. The van der Waals surface area contributed by atoms with Crippen molar-refractivity contribution >= 4 is 11.9 Å². The number of esters is 2. The molecule has 4 saturated heterocycles. The van der Waals surface area contributed by atoms with Crippen molar-refractivity contribution in [3.05, 3.63) is 59.3 Å². The summed E-state index contributed by atoms with van der Waals surface area (Å²) in [6.07, 6.45) is 7.54. The third-order valence-corrected chi connectivity index (χ3v) is 14.8. The van der Waals surface area contributed by atoms with Crippen molar-refractivity contribution in [2.75, 3.05) is 13.7 Å². The molecule has 7 aliphatic rings. The van der Waals surface area contributed by atoms with Crippen molar-refractivity contribution in [2.24, 2.45) is 23.7 Å². The smallest absolute Gasteiger partial charge is 0.337 e. The number of rotatable bonds is 8. The van der Waals surface area contributed by atoms with Crippen LogP contribution >= 0.6 is 0 Å². The summed E-state index contributed by atoms with van der Waals surface area (Å²) in [5.74, 6) is -2.60. The summed E-state index contributed by atoms with van der Waals surface area (Å²) in [7, 11) is 1.61. The van der Waals surface area contributed by atoms with E-state index in [-0.39, 0.29) is 48.9 Å². The number of hydrogen-bond donors (Lipinski definition) is 3. The van der Waals surface area contributed by atoms with Crippen molar-refractivity contribution in [1.82, 2.24) is 0 Å². The second-order valence-corrected chi connectivity index (χ2v) is 20.1. The lowest BCUT2D eigenvalue weighted by atomic mass is 9.72. The van der Waals surface area contributed by atoms with E-state index < -0.39 is 108 Å². The van der Waals surface area contributed by atoms with Gasteiger partial charge in [0.2, 0.25) is 0 Å². The zero-order valence-electron chi connectivity index (χ0n) is 40.0. The van der Waals surface area contributed by atoms with Crippen LogP contribution in [0.1, 0.15) is 108 Å². The number of methoxy groups -OCH3 is 1. The van der Waals surface area contributed by atoms with Gasteiger partial charge >= 0.3 is 11.9 Å². The van der Waals surface area contributed by atoms with Crippen molar-refractivity contribution < 1.29 is 72.3 Å². The SMILES string of the molecule is CC[C@H](C)[C@H]1O[C@]2(C=C[C@@H]1C)C[C@@H]1C[C@@H](C/C=C(\C)[C@@H](O[C@H]3C[C@H](OC)[C@@H](O[C@@H]4C[C@@](C)(O)[C@@H](OC(C)=O)[C@H](C)O4)[C@H](C)O3)[C@@H](C)/C=C/C=C3\CO[C@@H]4[C@H](O)[C@@H](C)C=C(C(=O)O1)[C@]34O)O2. The number of fused-ring (bicyclic) bond motifs is 2. The van der Waals surface area contributed by atoms with Gasteiger partial charge in [-0.15, -0.1) is 0 Å². The highest BCUT2D eigenvalue weighted by molar-refractivity contribution is 5.93. The molecule has 0 saturated carbocycles. The maximum atomic E-state index is 14.3. The van der Waals surface area contributed by atoms with Gasteiger partial charge in [0.05, 0.1) is 54.9 Å². The van der Waals surface area contributed by atoms with Crippen molar-refractivity contribution in [2.45, 2.75) is 204 Å². The Hall–Kier alpha value is -2.80. The minimum atomic E-state index is -1.92. The van der Waals surface area contributed by atoms with Crippen LogP contribution in [0.5, 0.6) is 0 Å². The first-order valence-electron chi connectivity index (χ1n) is 23.8. The normalized spacial score (nSPS) is 48.5. The van der Waals surface area contributed by atoms with Crippen LogP contribution in [0.4, 0.5) is 0 Å². The van der Waals surface area contributed by atoms with E-state index in [2.05, 4.69) is 32.9 Å². The van der Waals surface area contributed by atoms with Crippen LogP contribution in [-0.2, 0) is 57.0 Å². The minimum Gasteiger partial charge on any atom is -0.459 e. The zero-order chi connectivity index (χ0) is 47.2. The molecule has 3 N–H and O–H groups in total. The molecule has 6 heterocycles. The summed E-state index contributed by atoms with van der Waals surface area (Å²) in [6.45, 7) is 18.8. The van der Waals surface area contributed by atoms with Gasteiger partial charge in [0.1, 0.15) is 29.5 Å². The first-order chi connectivity index (χ1) is 30.7. The lowest BCUT2D eigenvalue weighted by molar-refractivity contribution is -0.327. The van der Waals surface area contributed by atoms with Gasteiger partial charge in [-0.3, -0.25) is 4.79 Å². The molecule has 20 atom stereocenters. The maximum absolute atomic E-state index is 14.3. The van der Waals surface area contributed by atoms with E-state index in [1.807, 2.05) is 39.0 Å². The highest BCUT2D eigenvalue weighted by atomic mass is 16.7. The minimum absolute atomic E-state index is 0.00793. The fourth-order valence-electron chi connectivity index (χ4n) is 11.0. The lowest BCUT2D eigenvalue weighted by Crippen LogP contribution is -2.59. The number of hydrogen-bond acceptors (Lipinski definition) is 15. The maximum Gasteiger partial charge on any atom is 0.337 e. The van der Waals surface area contributed by atoms with Crippen LogP contribution in [0.25, 0.3) is 0 Å². The molecular formula is C50H74O15. The van der Waals surface area contributed by atoms with Crippen molar-refractivity contribution in [1.29, 1.82) is 0 Å². The Bertz CT molecular complexity index is 1870. The monoisotopic (exact) mass is 915 g/mol. The molecule has 0 aromatic rings. The Labute approximate surface area is 384 Å². The number of ether oxygens (including phenoxy) is 10. The van der Waals surface area contributed by atoms with E-state index in [0.29, 0.717) is 24.8 Å². The fourth-order valence-corrected chi connectivity index (χ4v) is 11.0. The zero-order valence-corrected chi connectivity index (χ0v) is 40.0. The second-order valence-electron chi connectivity index (χ2n) is 20.1. The van der Waals surface area contributed by atoms with Crippen molar-refractivity contribution in [3.63, 3.8) is 0 Å². The summed E-state index contributed by atoms with van der Waals surface area (Å²) in [5, 5.41) is 35.0. The molecule has 4 fully saturated rings. The van der Waals surface area contributed by atoms with Crippen LogP contribution in [0, 0.1) is 23.7 Å². The van der Waals surface area contributed by atoms with Gasteiger partial charge in [-0.05, 0) is 57.3 Å². The van der Waals surface area contributed by atoms with Crippen molar-refractivity contribution in [3.8, 4) is 0 Å². The predicted molar refractivity (Wildman–Crippen MR) is 237 cm³/mol. The van der Waals surface area contributed by atoms with Crippen LogP contribution in [0.3, 0.4) is 0 Å². The molecule has 364 valence electrons. The highest BCUT2D eigenvalue weighted by Crippen LogP contribution is 2.47. The molecule has 6 aliphatic heterocycles. The molecule has 2 bridgehead atoms. The lowest BCUT2D eigenvalue weighted by Gasteiger charge is -2.48. The summed E-state index contributed by atoms with van der Waals surface area (Å²) in [5.41, 5.74) is -1.89. The first-order valence-corrected chi connectivity index (χ1v) is 23.8. The predicted octanol–water partition coefficient (Wildman–Crippen LogP) is 5.68. The van der Waals surface area contributed by atoms with E-state index in [9.17, 15) is 24.9 Å². The number of carbonyl (C=O) groups is 2. The molecule has 0 aromatic carbocycles. The average molecular weight is 915 g/mol. The molecular weight excluding hydrogens is 841 g/mol. The Morgan fingerprint density at radius 1 is 0.954 bits per heavy atom. The van der Waals surface area contributed by atoms with Crippen LogP contribution in [-0.4, -0.2) is 138 Å². The Kier molecular flexibility index (Phi) is 15.4. The molecule has 0 aromatic heterocycles. The molecule has 15 nitrogen and oxygen atoms in total. The average Bonchev–Trinajstić information content (AvgIpc) is 3.58. The topological polar surface area (TPSA) is 187 Å². The fraction of sp³-hybridized carbons (Fsp3) is 0.760. The van der Waals surface area contributed by atoms with Crippen LogP contribution < -0.4 is 0 Å². The number of aliphatic hydroxyl groups is 3. The molecule has 0 amide bonds. The van der Waals surface area contributed by atoms with E-state index in [1.54, 1.807) is 40.0 Å². The Balaban J connectivity index is 1.17. The van der Waals surface area contributed by atoms with Crippen LogP contribution in [0.15, 0.2) is 59.3 Å². The molecule has 7 rings (SSSR count).